The van der Waals surface area contributed by atoms with E-state index in [4.69, 9.17) is 19.2 Å². The van der Waals surface area contributed by atoms with Gasteiger partial charge in [0.1, 0.15) is 17.0 Å². The summed E-state index contributed by atoms with van der Waals surface area (Å²) in [6, 6.07) is 24.2. The quantitative estimate of drug-likeness (QED) is 0.382. The summed E-state index contributed by atoms with van der Waals surface area (Å²) in [5, 5.41) is 4.87. The Kier molecular flexibility index (Phi) is 4.56. The molecule has 5 aromatic rings. The van der Waals surface area contributed by atoms with Crippen molar-refractivity contribution in [3.8, 4) is 28.5 Å². The molecule has 0 N–H and O–H groups in total. The summed E-state index contributed by atoms with van der Waals surface area (Å²) in [5.74, 6) is 1.38. The summed E-state index contributed by atoms with van der Waals surface area (Å²) < 4.78 is 13.3. The molecular weight excluding hydrogens is 374 g/mol. The second-order valence-corrected chi connectivity index (χ2v) is 7.29. The van der Waals surface area contributed by atoms with Gasteiger partial charge in [0.05, 0.1) is 19.2 Å². The zero-order valence-electron chi connectivity index (χ0n) is 16.9. The van der Waals surface area contributed by atoms with Crippen molar-refractivity contribution in [2.75, 3.05) is 7.11 Å². The van der Waals surface area contributed by atoms with E-state index < -0.39 is 0 Å². The summed E-state index contributed by atoms with van der Waals surface area (Å²) in [4.78, 5) is 4.74. The number of hydrogen-bond donors (Lipinski definition) is 0. The van der Waals surface area contributed by atoms with Gasteiger partial charge in [0.25, 0.3) is 0 Å². The van der Waals surface area contributed by atoms with Crippen molar-refractivity contribution < 1.29 is 9.15 Å². The second-order valence-electron chi connectivity index (χ2n) is 7.29. The maximum Gasteiger partial charge on any atom is 0.231 e. The maximum atomic E-state index is 6.09. The number of hydrogen-bond acceptors (Lipinski definition) is 4. The fraction of sp³-hybridized carbons (Fsp3) is 0.120. The first-order valence-corrected chi connectivity index (χ1v) is 9.83. The van der Waals surface area contributed by atoms with Crippen LogP contribution >= 0.6 is 0 Å². The fourth-order valence-electron chi connectivity index (χ4n) is 3.54. The molecule has 30 heavy (non-hydrogen) atoms. The van der Waals surface area contributed by atoms with Crippen LogP contribution in [0.3, 0.4) is 0 Å². The molecule has 3 aromatic carbocycles. The van der Waals surface area contributed by atoms with Gasteiger partial charge in [-0.2, -0.15) is 5.10 Å². The molecule has 148 valence electrons. The number of aromatic nitrogens is 3. The van der Waals surface area contributed by atoms with Crippen molar-refractivity contribution in [1.29, 1.82) is 0 Å². The minimum Gasteiger partial charge on any atom is -0.497 e. The number of nitrogens with zero attached hydrogens (tertiary/aromatic N) is 3. The standard InChI is InChI=1S/C25H21N3O2/c1-17-8-13-23-22(14-17)26-25(30-23)21-16-28(15-18-6-4-3-5-7-18)27-24(21)19-9-11-20(29-2)12-10-19/h3-14,16H,15H2,1-2H3. The smallest absolute Gasteiger partial charge is 0.231 e. The summed E-state index contributed by atoms with van der Waals surface area (Å²) >= 11 is 0. The Morgan fingerprint density at radius 2 is 1.77 bits per heavy atom. The number of ether oxygens (including phenoxy) is 1. The highest BCUT2D eigenvalue weighted by atomic mass is 16.5. The lowest BCUT2D eigenvalue weighted by Crippen LogP contribution is -2.00. The molecule has 0 unspecified atom stereocenters. The van der Waals surface area contributed by atoms with Gasteiger partial charge >= 0.3 is 0 Å². The van der Waals surface area contributed by atoms with Crippen molar-refractivity contribution in [2.45, 2.75) is 13.5 Å². The Labute approximate surface area is 174 Å². The van der Waals surface area contributed by atoms with Gasteiger partial charge in [-0.05, 0) is 54.4 Å². The summed E-state index contributed by atoms with van der Waals surface area (Å²) in [6.07, 6.45) is 2.00. The van der Waals surface area contributed by atoms with Crippen molar-refractivity contribution in [3.05, 3.63) is 90.1 Å². The molecule has 0 amide bonds. The predicted octanol–water partition coefficient (Wildman–Crippen LogP) is 5.72. The molecule has 5 nitrogen and oxygen atoms in total. The summed E-state index contributed by atoms with van der Waals surface area (Å²) in [6.45, 7) is 2.72. The van der Waals surface area contributed by atoms with Crippen LogP contribution < -0.4 is 4.74 Å². The topological polar surface area (TPSA) is 53.1 Å². The molecule has 0 saturated heterocycles. The van der Waals surface area contributed by atoms with E-state index >= 15 is 0 Å². The van der Waals surface area contributed by atoms with Gasteiger partial charge in [-0.25, -0.2) is 4.98 Å². The van der Waals surface area contributed by atoms with Gasteiger partial charge in [0.15, 0.2) is 5.58 Å². The lowest BCUT2D eigenvalue weighted by atomic mass is 10.1. The lowest BCUT2D eigenvalue weighted by Gasteiger charge is -2.03. The number of fused-ring (bicyclic) bond motifs is 1. The highest BCUT2D eigenvalue weighted by Crippen LogP contribution is 2.33. The van der Waals surface area contributed by atoms with E-state index in [1.165, 1.54) is 5.56 Å². The number of rotatable bonds is 5. The molecule has 5 heteroatoms. The van der Waals surface area contributed by atoms with Crippen LogP contribution in [0.25, 0.3) is 33.8 Å². The van der Waals surface area contributed by atoms with E-state index in [0.717, 1.165) is 39.2 Å². The molecule has 0 spiro atoms. The van der Waals surface area contributed by atoms with Crippen molar-refractivity contribution in [2.24, 2.45) is 0 Å². The van der Waals surface area contributed by atoms with Gasteiger partial charge in [-0.3, -0.25) is 4.68 Å². The first kappa shape index (κ1) is 18.2. The Bertz CT molecular complexity index is 1300. The molecule has 0 aliphatic rings. The van der Waals surface area contributed by atoms with Gasteiger partial charge in [0, 0.05) is 11.8 Å². The molecule has 0 bridgehead atoms. The Morgan fingerprint density at radius 1 is 0.967 bits per heavy atom. The van der Waals surface area contributed by atoms with E-state index in [0.29, 0.717) is 12.4 Å². The summed E-state index contributed by atoms with van der Waals surface area (Å²) in [7, 11) is 1.66. The van der Waals surface area contributed by atoms with Gasteiger partial charge in [-0.1, -0.05) is 36.4 Å². The second kappa shape index (κ2) is 7.52. The average molecular weight is 395 g/mol. The zero-order chi connectivity index (χ0) is 20.5. The number of benzene rings is 3. The fourth-order valence-corrected chi connectivity index (χ4v) is 3.54. The van der Waals surface area contributed by atoms with Gasteiger partial charge < -0.3 is 9.15 Å². The highest BCUT2D eigenvalue weighted by Gasteiger charge is 2.19. The lowest BCUT2D eigenvalue weighted by molar-refractivity contribution is 0.415. The van der Waals surface area contributed by atoms with Gasteiger partial charge in [0.2, 0.25) is 5.89 Å². The Morgan fingerprint density at radius 3 is 2.53 bits per heavy atom. The molecule has 0 aliphatic carbocycles. The predicted molar refractivity (Wildman–Crippen MR) is 117 cm³/mol. The van der Waals surface area contributed by atoms with E-state index in [1.54, 1.807) is 7.11 Å². The third-order valence-corrected chi connectivity index (χ3v) is 5.09. The van der Waals surface area contributed by atoms with E-state index in [1.807, 2.05) is 71.5 Å². The summed E-state index contributed by atoms with van der Waals surface area (Å²) in [5.41, 5.74) is 6.63. The molecule has 2 heterocycles. The van der Waals surface area contributed by atoms with Crippen molar-refractivity contribution in [3.63, 3.8) is 0 Å². The Hall–Kier alpha value is -3.86. The van der Waals surface area contributed by atoms with Crippen molar-refractivity contribution in [1.82, 2.24) is 14.8 Å². The van der Waals surface area contributed by atoms with E-state index in [9.17, 15) is 0 Å². The molecule has 0 saturated carbocycles. The molecule has 5 rings (SSSR count). The largest absolute Gasteiger partial charge is 0.497 e. The monoisotopic (exact) mass is 395 g/mol. The van der Waals surface area contributed by atoms with E-state index in [-0.39, 0.29) is 0 Å². The van der Waals surface area contributed by atoms with Crippen molar-refractivity contribution >= 4 is 11.1 Å². The Balaban J connectivity index is 1.62. The van der Waals surface area contributed by atoms with Gasteiger partial charge in [-0.15, -0.1) is 0 Å². The molecule has 0 aliphatic heterocycles. The number of oxazole rings is 1. The third kappa shape index (κ3) is 3.46. The molecular formula is C25H21N3O2. The third-order valence-electron chi connectivity index (χ3n) is 5.09. The molecule has 0 radical (unpaired) electrons. The minimum absolute atomic E-state index is 0.570. The van der Waals surface area contributed by atoms with E-state index in [2.05, 4.69) is 19.1 Å². The molecule has 0 fully saturated rings. The van der Waals surface area contributed by atoms with Crippen LogP contribution in [0.2, 0.25) is 0 Å². The van der Waals surface area contributed by atoms with Crippen LogP contribution in [-0.2, 0) is 6.54 Å². The molecule has 0 atom stereocenters. The van der Waals surface area contributed by atoms with Crippen LogP contribution in [0.15, 0.2) is 83.4 Å². The zero-order valence-corrected chi connectivity index (χ0v) is 16.9. The number of aryl methyl sites for hydroxylation is 1. The highest BCUT2D eigenvalue weighted by molar-refractivity contribution is 5.82. The average Bonchev–Trinajstić information content (AvgIpc) is 3.38. The van der Waals surface area contributed by atoms with Crippen LogP contribution in [0.5, 0.6) is 5.75 Å². The van der Waals surface area contributed by atoms with Crippen LogP contribution in [0.4, 0.5) is 0 Å². The minimum atomic E-state index is 0.570. The van der Waals surface area contributed by atoms with Crippen LogP contribution in [0, 0.1) is 6.92 Å². The number of methoxy groups -OCH3 is 1. The van der Waals surface area contributed by atoms with Crippen LogP contribution in [0.1, 0.15) is 11.1 Å². The van der Waals surface area contributed by atoms with Crippen LogP contribution in [-0.4, -0.2) is 21.9 Å². The molecule has 2 aromatic heterocycles. The first-order valence-electron chi connectivity index (χ1n) is 9.83. The SMILES string of the molecule is COc1ccc(-c2nn(Cc3ccccc3)cc2-c2nc3cc(C)ccc3o2)cc1. The normalized spacial score (nSPS) is 11.1. The maximum absolute atomic E-state index is 6.09. The first-order chi connectivity index (χ1) is 14.7.